The predicted octanol–water partition coefficient (Wildman–Crippen LogP) is 1.21. The van der Waals surface area contributed by atoms with Gasteiger partial charge in [-0.1, -0.05) is 19.1 Å². The average Bonchev–Trinajstić information content (AvgIpc) is 2.93. The van der Waals surface area contributed by atoms with Gasteiger partial charge in [-0.05, 0) is 23.6 Å². The largest absolute Gasteiger partial charge is 0.368 e. The van der Waals surface area contributed by atoms with Crippen LogP contribution in [0.1, 0.15) is 35.6 Å². The molecule has 114 valence electrons. The number of nitrogens with zero attached hydrogens (tertiary/aromatic N) is 3. The maximum atomic E-state index is 11.6. The highest BCUT2D eigenvalue weighted by molar-refractivity contribution is 5.81. The molecule has 0 aliphatic heterocycles. The zero-order valence-electron chi connectivity index (χ0n) is 12.7. The lowest BCUT2D eigenvalue weighted by Crippen LogP contribution is -2.35. The Labute approximate surface area is 129 Å². The van der Waals surface area contributed by atoms with Crippen LogP contribution in [-0.4, -0.2) is 22.2 Å². The van der Waals surface area contributed by atoms with Gasteiger partial charge in [-0.2, -0.15) is 10.4 Å². The molecular formula is C16H19N5O. The third kappa shape index (κ3) is 3.71. The number of hydrogen-bond acceptors (Lipinski definition) is 4. The first-order chi connectivity index (χ1) is 10.5. The van der Waals surface area contributed by atoms with Crippen molar-refractivity contribution in [3.8, 4) is 6.07 Å². The van der Waals surface area contributed by atoms with E-state index in [0.29, 0.717) is 12.1 Å². The molecule has 2 unspecified atom stereocenters. The lowest BCUT2D eigenvalue weighted by Gasteiger charge is -2.18. The molecule has 0 saturated heterocycles. The van der Waals surface area contributed by atoms with Crippen molar-refractivity contribution < 1.29 is 4.79 Å². The number of carbonyl (C=O) groups excluding carboxylic acids is 1. The van der Waals surface area contributed by atoms with E-state index in [9.17, 15) is 4.79 Å². The van der Waals surface area contributed by atoms with Gasteiger partial charge in [0.1, 0.15) is 6.04 Å². The van der Waals surface area contributed by atoms with Gasteiger partial charge in [-0.15, -0.1) is 0 Å². The SMILES string of the molecule is CC(CNC(C(N)=O)c1cnn(C)c1)c1ccc(C#N)cc1. The Balaban J connectivity index is 2.02. The molecule has 1 aromatic heterocycles. The molecule has 3 N–H and O–H groups in total. The van der Waals surface area contributed by atoms with Gasteiger partial charge in [0, 0.05) is 25.4 Å². The summed E-state index contributed by atoms with van der Waals surface area (Å²) in [6.07, 6.45) is 3.41. The van der Waals surface area contributed by atoms with Crippen LogP contribution in [0.3, 0.4) is 0 Å². The molecule has 2 atom stereocenters. The van der Waals surface area contributed by atoms with Crippen molar-refractivity contribution in [2.75, 3.05) is 6.54 Å². The Morgan fingerprint density at radius 3 is 2.59 bits per heavy atom. The van der Waals surface area contributed by atoms with Crippen molar-refractivity contribution in [2.45, 2.75) is 18.9 Å². The molecule has 0 fully saturated rings. The molecule has 1 amide bonds. The Morgan fingerprint density at radius 1 is 1.41 bits per heavy atom. The Bertz CT molecular complexity index is 683. The number of aryl methyl sites for hydroxylation is 1. The molecule has 0 saturated carbocycles. The predicted molar refractivity (Wildman–Crippen MR) is 82.7 cm³/mol. The molecule has 0 aliphatic carbocycles. The second-order valence-electron chi connectivity index (χ2n) is 5.33. The number of amides is 1. The molecule has 0 bridgehead atoms. The number of nitrogens with two attached hydrogens (primary N) is 1. The second-order valence-corrected chi connectivity index (χ2v) is 5.33. The Morgan fingerprint density at radius 2 is 2.09 bits per heavy atom. The normalized spacial score (nSPS) is 13.3. The molecule has 22 heavy (non-hydrogen) atoms. The van der Waals surface area contributed by atoms with E-state index in [4.69, 9.17) is 11.0 Å². The number of hydrogen-bond donors (Lipinski definition) is 2. The van der Waals surface area contributed by atoms with Crippen LogP contribution in [-0.2, 0) is 11.8 Å². The van der Waals surface area contributed by atoms with Gasteiger partial charge in [0.25, 0.3) is 0 Å². The molecule has 1 aromatic carbocycles. The van der Waals surface area contributed by atoms with Gasteiger partial charge >= 0.3 is 0 Å². The summed E-state index contributed by atoms with van der Waals surface area (Å²) in [7, 11) is 1.79. The summed E-state index contributed by atoms with van der Waals surface area (Å²) in [6, 6.07) is 8.97. The summed E-state index contributed by atoms with van der Waals surface area (Å²) in [5.41, 5.74) is 7.95. The van der Waals surface area contributed by atoms with Crippen LogP contribution in [0.25, 0.3) is 0 Å². The minimum absolute atomic E-state index is 0.186. The van der Waals surface area contributed by atoms with Crippen LogP contribution >= 0.6 is 0 Å². The minimum Gasteiger partial charge on any atom is -0.368 e. The first-order valence-corrected chi connectivity index (χ1v) is 7.02. The number of nitrogens with one attached hydrogen (secondary N) is 1. The summed E-state index contributed by atoms with van der Waals surface area (Å²) in [5.74, 6) is -0.244. The number of primary amides is 1. The van der Waals surface area contributed by atoms with Crippen LogP contribution in [0, 0.1) is 11.3 Å². The van der Waals surface area contributed by atoms with E-state index >= 15 is 0 Å². The van der Waals surface area contributed by atoms with Gasteiger partial charge < -0.3 is 11.1 Å². The van der Waals surface area contributed by atoms with Gasteiger partial charge in [0.2, 0.25) is 5.91 Å². The van der Waals surface area contributed by atoms with Crippen molar-refractivity contribution in [1.82, 2.24) is 15.1 Å². The maximum absolute atomic E-state index is 11.6. The van der Waals surface area contributed by atoms with Crippen LogP contribution in [0.2, 0.25) is 0 Å². The fraction of sp³-hybridized carbons (Fsp3) is 0.312. The van der Waals surface area contributed by atoms with E-state index in [2.05, 4.69) is 23.4 Å². The van der Waals surface area contributed by atoms with Crippen LogP contribution < -0.4 is 11.1 Å². The molecule has 0 radical (unpaired) electrons. The number of rotatable bonds is 6. The summed E-state index contributed by atoms with van der Waals surface area (Å²) in [6.45, 7) is 2.64. The molecule has 6 heteroatoms. The van der Waals surface area contributed by atoms with E-state index < -0.39 is 11.9 Å². The molecular weight excluding hydrogens is 278 g/mol. The first kappa shape index (κ1) is 15.7. The second kappa shape index (κ2) is 6.87. The molecule has 0 aliphatic rings. The van der Waals surface area contributed by atoms with E-state index in [1.165, 1.54) is 0 Å². The van der Waals surface area contributed by atoms with E-state index in [1.54, 1.807) is 36.3 Å². The molecule has 6 nitrogen and oxygen atoms in total. The zero-order chi connectivity index (χ0) is 16.1. The first-order valence-electron chi connectivity index (χ1n) is 7.02. The third-order valence-electron chi connectivity index (χ3n) is 3.58. The van der Waals surface area contributed by atoms with Crippen molar-refractivity contribution in [3.05, 3.63) is 53.3 Å². The van der Waals surface area contributed by atoms with Gasteiger partial charge in [0.15, 0.2) is 0 Å². The van der Waals surface area contributed by atoms with E-state index in [-0.39, 0.29) is 5.92 Å². The Hall–Kier alpha value is -2.65. The highest BCUT2D eigenvalue weighted by atomic mass is 16.1. The van der Waals surface area contributed by atoms with E-state index in [0.717, 1.165) is 11.1 Å². The average molecular weight is 297 g/mol. The fourth-order valence-electron chi connectivity index (χ4n) is 2.27. The third-order valence-corrected chi connectivity index (χ3v) is 3.58. The number of aromatic nitrogens is 2. The van der Waals surface area contributed by atoms with E-state index in [1.807, 2.05) is 12.1 Å². The van der Waals surface area contributed by atoms with Crippen molar-refractivity contribution in [1.29, 1.82) is 5.26 Å². The minimum atomic E-state index is -0.561. The van der Waals surface area contributed by atoms with Crippen LogP contribution in [0.5, 0.6) is 0 Å². The smallest absolute Gasteiger partial charge is 0.239 e. The number of nitriles is 1. The number of carbonyl (C=O) groups is 1. The van der Waals surface area contributed by atoms with Crippen LogP contribution in [0.15, 0.2) is 36.7 Å². The van der Waals surface area contributed by atoms with Crippen LogP contribution in [0.4, 0.5) is 0 Å². The topological polar surface area (TPSA) is 96.7 Å². The quantitative estimate of drug-likeness (QED) is 0.837. The van der Waals surface area contributed by atoms with Crippen molar-refractivity contribution in [2.24, 2.45) is 12.8 Å². The molecule has 2 rings (SSSR count). The molecule has 0 spiro atoms. The summed E-state index contributed by atoms with van der Waals surface area (Å²) in [5, 5.41) is 16.1. The van der Waals surface area contributed by atoms with Gasteiger partial charge in [0.05, 0.1) is 17.8 Å². The highest BCUT2D eigenvalue weighted by Crippen LogP contribution is 2.17. The summed E-state index contributed by atoms with van der Waals surface area (Å²) < 4.78 is 1.64. The standard InChI is InChI=1S/C16H19N5O/c1-11(13-5-3-12(7-17)4-6-13)8-19-15(16(18)22)14-9-20-21(2)10-14/h3-6,9-11,15,19H,8H2,1-2H3,(H2,18,22). The highest BCUT2D eigenvalue weighted by Gasteiger charge is 2.19. The van der Waals surface area contributed by atoms with Gasteiger partial charge in [-0.3, -0.25) is 9.48 Å². The van der Waals surface area contributed by atoms with Gasteiger partial charge in [-0.25, -0.2) is 0 Å². The molecule has 2 aromatic rings. The summed E-state index contributed by atoms with van der Waals surface area (Å²) in [4.78, 5) is 11.6. The Kier molecular flexibility index (Phi) is 4.92. The monoisotopic (exact) mass is 297 g/mol. The molecule has 1 heterocycles. The van der Waals surface area contributed by atoms with Crippen molar-refractivity contribution >= 4 is 5.91 Å². The lowest BCUT2D eigenvalue weighted by molar-refractivity contribution is -0.120. The van der Waals surface area contributed by atoms with Crippen molar-refractivity contribution in [3.63, 3.8) is 0 Å². The fourth-order valence-corrected chi connectivity index (χ4v) is 2.27. The zero-order valence-corrected chi connectivity index (χ0v) is 12.7. The summed E-state index contributed by atoms with van der Waals surface area (Å²) >= 11 is 0. The maximum Gasteiger partial charge on any atom is 0.239 e. The lowest BCUT2D eigenvalue weighted by atomic mass is 9.99. The number of benzene rings is 1.